The van der Waals surface area contributed by atoms with Gasteiger partial charge in [0.25, 0.3) is 5.91 Å². The number of carbonyl (C=O) groups excluding carboxylic acids is 1. The van der Waals surface area contributed by atoms with Gasteiger partial charge in [0.2, 0.25) is 16.0 Å². The minimum Gasteiger partial charge on any atom is -0.375 e. The zero-order valence-corrected chi connectivity index (χ0v) is 19.7. The molecule has 33 heavy (non-hydrogen) atoms. The summed E-state index contributed by atoms with van der Waals surface area (Å²) in [5.41, 5.74) is 1.37. The number of hydrogen-bond donors (Lipinski definition) is 2. The zero-order valence-electron chi connectivity index (χ0n) is 18.9. The Bertz CT molecular complexity index is 1070. The average Bonchev–Trinajstić information content (AvgIpc) is 2.79. The van der Waals surface area contributed by atoms with E-state index in [0.717, 1.165) is 18.8 Å². The lowest BCUT2D eigenvalue weighted by Gasteiger charge is -2.31. The van der Waals surface area contributed by atoms with Gasteiger partial charge in [-0.3, -0.25) is 4.79 Å². The Morgan fingerprint density at radius 1 is 1.12 bits per heavy atom. The van der Waals surface area contributed by atoms with E-state index >= 15 is 0 Å². The number of sulfonamides is 1. The molecule has 0 unspecified atom stereocenters. The summed E-state index contributed by atoms with van der Waals surface area (Å²) in [6, 6.07) is 8.95. The van der Waals surface area contributed by atoms with Gasteiger partial charge in [-0.1, -0.05) is 0 Å². The lowest BCUT2D eigenvalue weighted by molar-refractivity contribution is 0.0526. The number of benzene rings is 1. The van der Waals surface area contributed by atoms with Crippen molar-refractivity contribution in [2.75, 3.05) is 49.3 Å². The van der Waals surface area contributed by atoms with Crippen molar-refractivity contribution < 1.29 is 17.9 Å². The van der Waals surface area contributed by atoms with Crippen LogP contribution in [0.3, 0.4) is 0 Å². The fourth-order valence-corrected chi connectivity index (χ4v) is 4.90. The molecule has 1 amide bonds. The zero-order chi connectivity index (χ0) is 23.4. The average molecular weight is 475 g/mol. The summed E-state index contributed by atoms with van der Waals surface area (Å²) in [7, 11) is -3.18. The molecule has 0 saturated carbocycles. The van der Waals surface area contributed by atoms with E-state index in [9.17, 15) is 13.2 Å². The Morgan fingerprint density at radius 2 is 1.85 bits per heavy atom. The van der Waals surface area contributed by atoms with E-state index in [1.807, 2.05) is 19.1 Å². The van der Waals surface area contributed by atoms with Crippen molar-refractivity contribution in [1.29, 1.82) is 0 Å². The lowest BCUT2D eigenvalue weighted by Crippen LogP contribution is -2.46. The van der Waals surface area contributed by atoms with Crippen molar-refractivity contribution in [3.63, 3.8) is 0 Å². The molecule has 1 aromatic heterocycles. The van der Waals surface area contributed by atoms with Crippen LogP contribution in [0, 0.1) is 0 Å². The van der Waals surface area contributed by atoms with Crippen molar-refractivity contribution in [3.05, 3.63) is 42.1 Å². The van der Waals surface area contributed by atoms with Gasteiger partial charge in [0.15, 0.2) is 0 Å². The van der Waals surface area contributed by atoms with Gasteiger partial charge in [-0.15, -0.1) is 0 Å². The molecular formula is C22H30N6O4S. The fraction of sp³-hybridized carbons (Fsp3) is 0.500. The number of ether oxygens (including phenoxy) is 1. The lowest BCUT2D eigenvalue weighted by atomic mass is 10.1. The third-order valence-corrected chi connectivity index (χ3v) is 7.15. The SMILES string of the molecule is C[C@@H]1CN(c2nccc(Nc3ccc(C(=O)NC4CCN(S(C)(=O)=O)CC4)cc3)n2)CCO1. The molecule has 0 bridgehead atoms. The summed E-state index contributed by atoms with van der Waals surface area (Å²) in [5, 5.41) is 6.26. The van der Waals surface area contributed by atoms with Crippen molar-refractivity contribution in [1.82, 2.24) is 19.6 Å². The van der Waals surface area contributed by atoms with Crippen LogP contribution in [0.1, 0.15) is 30.1 Å². The summed E-state index contributed by atoms with van der Waals surface area (Å²) < 4.78 is 30.3. The maximum Gasteiger partial charge on any atom is 0.251 e. The molecule has 2 N–H and O–H groups in total. The Balaban J connectivity index is 1.32. The largest absolute Gasteiger partial charge is 0.375 e. The topological polar surface area (TPSA) is 117 Å². The summed E-state index contributed by atoms with van der Waals surface area (Å²) in [6.07, 6.45) is 4.30. The highest BCUT2D eigenvalue weighted by Crippen LogP contribution is 2.19. The molecule has 4 rings (SSSR count). The van der Waals surface area contributed by atoms with E-state index < -0.39 is 10.0 Å². The molecule has 0 radical (unpaired) electrons. The first-order valence-electron chi connectivity index (χ1n) is 11.1. The number of aromatic nitrogens is 2. The third kappa shape index (κ3) is 6.18. The molecule has 2 aliphatic rings. The van der Waals surface area contributed by atoms with Gasteiger partial charge >= 0.3 is 0 Å². The van der Waals surface area contributed by atoms with Crippen LogP contribution in [-0.4, -0.2) is 79.8 Å². The van der Waals surface area contributed by atoms with Crippen LogP contribution >= 0.6 is 0 Å². The van der Waals surface area contributed by atoms with Crippen LogP contribution in [0.5, 0.6) is 0 Å². The van der Waals surface area contributed by atoms with Gasteiger partial charge in [-0.25, -0.2) is 17.7 Å². The number of carbonyl (C=O) groups is 1. The highest BCUT2D eigenvalue weighted by atomic mass is 32.2. The second kappa shape index (κ2) is 10.0. The molecule has 0 spiro atoms. The van der Waals surface area contributed by atoms with E-state index in [-0.39, 0.29) is 18.1 Å². The summed E-state index contributed by atoms with van der Waals surface area (Å²) >= 11 is 0. The quantitative estimate of drug-likeness (QED) is 0.649. The fourth-order valence-electron chi connectivity index (χ4n) is 4.02. The smallest absolute Gasteiger partial charge is 0.251 e. The molecule has 2 aliphatic heterocycles. The Morgan fingerprint density at radius 3 is 2.52 bits per heavy atom. The standard InChI is InChI=1S/C22H30N6O4S/c1-16-15-27(13-14-32-16)22-23-10-7-20(26-22)24-18-5-3-17(4-6-18)21(29)25-19-8-11-28(12-9-19)33(2,30)31/h3-7,10,16,19H,8-9,11-15H2,1-2H3,(H,25,29)(H,23,24,26)/t16-/m1/s1. The second-order valence-corrected chi connectivity index (χ2v) is 10.5. The Labute approximate surface area is 194 Å². The van der Waals surface area contributed by atoms with Crippen LogP contribution in [0.2, 0.25) is 0 Å². The molecule has 2 saturated heterocycles. The number of hydrogen-bond acceptors (Lipinski definition) is 8. The maximum absolute atomic E-state index is 12.6. The van der Waals surface area contributed by atoms with Crippen LogP contribution in [0.25, 0.3) is 0 Å². The van der Waals surface area contributed by atoms with E-state index in [2.05, 4.69) is 25.5 Å². The Hall–Kier alpha value is -2.76. The third-order valence-electron chi connectivity index (χ3n) is 5.84. The van der Waals surface area contributed by atoms with Crippen LogP contribution in [0.15, 0.2) is 36.5 Å². The maximum atomic E-state index is 12.6. The van der Waals surface area contributed by atoms with Crippen molar-refractivity contribution in [2.45, 2.75) is 31.9 Å². The van der Waals surface area contributed by atoms with Gasteiger partial charge in [-0.05, 0) is 50.1 Å². The van der Waals surface area contributed by atoms with E-state index in [1.54, 1.807) is 24.4 Å². The van der Waals surface area contributed by atoms with Gasteiger partial charge < -0.3 is 20.3 Å². The van der Waals surface area contributed by atoms with Crippen LogP contribution in [0.4, 0.5) is 17.5 Å². The first-order valence-corrected chi connectivity index (χ1v) is 13.0. The summed E-state index contributed by atoms with van der Waals surface area (Å²) in [6.45, 7) is 5.05. The monoisotopic (exact) mass is 474 g/mol. The first-order chi connectivity index (χ1) is 15.8. The number of nitrogens with one attached hydrogen (secondary N) is 2. The minimum absolute atomic E-state index is 0.0318. The molecule has 3 heterocycles. The molecule has 2 aromatic rings. The number of nitrogens with zero attached hydrogens (tertiary/aromatic N) is 4. The van der Waals surface area contributed by atoms with Crippen molar-refractivity contribution in [2.24, 2.45) is 0 Å². The van der Waals surface area contributed by atoms with Gasteiger partial charge in [0.1, 0.15) is 5.82 Å². The summed E-state index contributed by atoms with van der Waals surface area (Å²) in [4.78, 5) is 23.7. The van der Waals surface area contributed by atoms with E-state index in [1.165, 1.54) is 10.6 Å². The number of anilines is 3. The molecule has 1 aromatic carbocycles. The second-order valence-electron chi connectivity index (χ2n) is 8.48. The summed E-state index contributed by atoms with van der Waals surface area (Å²) in [5.74, 6) is 1.17. The van der Waals surface area contributed by atoms with E-state index in [0.29, 0.717) is 49.9 Å². The Kier molecular flexibility index (Phi) is 7.11. The molecule has 10 nitrogen and oxygen atoms in total. The first kappa shape index (κ1) is 23.4. The molecule has 0 aliphatic carbocycles. The molecule has 11 heteroatoms. The van der Waals surface area contributed by atoms with Gasteiger partial charge in [-0.2, -0.15) is 4.98 Å². The van der Waals surface area contributed by atoms with Crippen molar-refractivity contribution >= 4 is 33.4 Å². The predicted octanol–water partition coefficient (Wildman–Crippen LogP) is 1.60. The number of rotatable bonds is 6. The van der Waals surface area contributed by atoms with Crippen molar-refractivity contribution in [3.8, 4) is 0 Å². The normalized spacial score (nSPS) is 20.4. The predicted molar refractivity (Wildman–Crippen MR) is 126 cm³/mol. The molecule has 178 valence electrons. The minimum atomic E-state index is -3.18. The van der Waals surface area contributed by atoms with Crippen LogP contribution in [-0.2, 0) is 14.8 Å². The highest BCUT2D eigenvalue weighted by molar-refractivity contribution is 7.88. The number of piperidine rings is 1. The molecular weight excluding hydrogens is 444 g/mol. The number of morpholine rings is 1. The number of amides is 1. The molecule has 2 fully saturated rings. The highest BCUT2D eigenvalue weighted by Gasteiger charge is 2.26. The van der Waals surface area contributed by atoms with Gasteiger partial charge in [0.05, 0.1) is 19.0 Å². The van der Waals surface area contributed by atoms with Gasteiger partial charge in [0, 0.05) is 49.7 Å². The molecule has 1 atom stereocenters. The van der Waals surface area contributed by atoms with Crippen LogP contribution < -0.4 is 15.5 Å². The van der Waals surface area contributed by atoms with E-state index in [4.69, 9.17) is 4.74 Å².